The number of hydrogen-bond acceptors (Lipinski definition) is 3. The van der Waals surface area contributed by atoms with E-state index in [4.69, 9.17) is 11.0 Å². The fourth-order valence-corrected chi connectivity index (χ4v) is 1.43. The Balaban J connectivity index is 2.85. The number of rotatable bonds is 4. The molecule has 0 aliphatic carbocycles. The maximum Gasteiger partial charge on any atom is 0.231 e. The summed E-state index contributed by atoms with van der Waals surface area (Å²) in [5.41, 5.74) is 6.08. The lowest BCUT2D eigenvalue weighted by molar-refractivity contribution is -0.123. The summed E-state index contributed by atoms with van der Waals surface area (Å²) >= 11 is 0. The third-order valence-corrected chi connectivity index (χ3v) is 3.27. The summed E-state index contributed by atoms with van der Waals surface area (Å²) in [5.74, 6) is -0.109. The van der Waals surface area contributed by atoms with E-state index in [1.165, 1.54) is 0 Å². The van der Waals surface area contributed by atoms with Gasteiger partial charge in [0.05, 0.1) is 16.9 Å². The zero-order chi connectivity index (χ0) is 14.7. The van der Waals surface area contributed by atoms with E-state index in [0.29, 0.717) is 12.2 Å². The van der Waals surface area contributed by atoms with Gasteiger partial charge in [0.25, 0.3) is 0 Å². The molecule has 0 aromatic heterocycles. The van der Waals surface area contributed by atoms with Gasteiger partial charge in [-0.05, 0) is 45.4 Å². The van der Waals surface area contributed by atoms with Crippen LogP contribution >= 0.6 is 0 Å². The molecular weight excluding hydrogens is 238 g/mol. The standard InChI is InChI=1S/C15H21N3O/c1-14(2,9-16)11-5-7-12(8-6-11)18-13(19)15(3,4)10-17/h5-8H,10,17H2,1-4H3,(H,18,19). The molecule has 1 amide bonds. The zero-order valence-electron chi connectivity index (χ0n) is 11.9. The van der Waals surface area contributed by atoms with Crippen molar-refractivity contribution >= 4 is 11.6 Å². The maximum absolute atomic E-state index is 12.0. The fraction of sp³-hybridized carbons (Fsp3) is 0.467. The number of nitrogens with two attached hydrogens (primary N) is 1. The van der Waals surface area contributed by atoms with E-state index >= 15 is 0 Å². The Bertz CT molecular complexity index is 495. The molecule has 0 aliphatic heterocycles. The smallest absolute Gasteiger partial charge is 0.231 e. The SMILES string of the molecule is CC(C)(CN)C(=O)Nc1ccc(C(C)(C)C#N)cc1. The Morgan fingerprint density at radius 1 is 1.26 bits per heavy atom. The summed E-state index contributed by atoms with van der Waals surface area (Å²) in [6, 6.07) is 9.57. The molecule has 0 unspecified atom stereocenters. The average molecular weight is 259 g/mol. The van der Waals surface area contributed by atoms with Gasteiger partial charge in [-0.15, -0.1) is 0 Å². The molecule has 0 spiro atoms. The zero-order valence-corrected chi connectivity index (χ0v) is 11.9. The van der Waals surface area contributed by atoms with Crippen molar-refractivity contribution in [1.82, 2.24) is 0 Å². The van der Waals surface area contributed by atoms with Crippen LogP contribution < -0.4 is 11.1 Å². The van der Waals surface area contributed by atoms with E-state index in [1.54, 1.807) is 26.0 Å². The molecule has 4 nitrogen and oxygen atoms in total. The van der Waals surface area contributed by atoms with Crippen LogP contribution in [0.3, 0.4) is 0 Å². The van der Waals surface area contributed by atoms with E-state index < -0.39 is 10.8 Å². The van der Waals surface area contributed by atoms with Gasteiger partial charge in [0.1, 0.15) is 0 Å². The maximum atomic E-state index is 12.0. The minimum atomic E-state index is -0.593. The molecule has 0 fully saturated rings. The average Bonchev–Trinajstić information content (AvgIpc) is 2.39. The van der Waals surface area contributed by atoms with Gasteiger partial charge >= 0.3 is 0 Å². The molecule has 4 heteroatoms. The van der Waals surface area contributed by atoms with Gasteiger partial charge in [-0.1, -0.05) is 12.1 Å². The first-order chi connectivity index (χ1) is 8.73. The van der Waals surface area contributed by atoms with Crippen molar-refractivity contribution < 1.29 is 4.79 Å². The van der Waals surface area contributed by atoms with Crippen LogP contribution in [-0.2, 0) is 10.2 Å². The Hall–Kier alpha value is -1.86. The first-order valence-corrected chi connectivity index (χ1v) is 6.26. The number of nitrogens with one attached hydrogen (secondary N) is 1. The van der Waals surface area contributed by atoms with Crippen LogP contribution in [0.15, 0.2) is 24.3 Å². The van der Waals surface area contributed by atoms with E-state index in [-0.39, 0.29) is 5.91 Å². The Labute approximate surface area is 114 Å². The predicted molar refractivity (Wildman–Crippen MR) is 76.5 cm³/mol. The summed E-state index contributed by atoms with van der Waals surface area (Å²) in [6.07, 6.45) is 0. The quantitative estimate of drug-likeness (QED) is 0.871. The van der Waals surface area contributed by atoms with Crippen molar-refractivity contribution in [2.75, 3.05) is 11.9 Å². The van der Waals surface area contributed by atoms with Crippen LogP contribution in [0.1, 0.15) is 33.3 Å². The predicted octanol–water partition coefficient (Wildman–Crippen LogP) is 2.41. The topological polar surface area (TPSA) is 78.9 Å². The number of anilines is 1. The summed E-state index contributed by atoms with van der Waals surface area (Å²) in [5, 5.41) is 11.9. The summed E-state index contributed by atoms with van der Waals surface area (Å²) in [7, 11) is 0. The molecular formula is C15H21N3O. The van der Waals surface area contributed by atoms with Gasteiger partial charge in [-0.2, -0.15) is 5.26 Å². The third kappa shape index (κ3) is 3.55. The lowest BCUT2D eigenvalue weighted by atomic mass is 9.86. The van der Waals surface area contributed by atoms with Crippen LogP contribution in [0.25, 0.3) is 0 Å². The molecule has 0 heterocycles. The van der Waals surface area contributed by atoms with Crippen LogP contribution in [0.5, 0.6) is 0 Å². The highest BCUT2D eigenvalue weighted by Gasteiger charge is 2.26. The van der Waals surface area contributed by atoms with Gasteiger partial charge in [-0.3, -0.25) is 4.79 Å². The normalized spacial score (nSPS) is 11.8. The number of carbonyl (C=O) groups is 1. The molecule has 3 N–H and O–H groups in total. The molecule has 0 atom stereocenters. The van der Waals surface area contributed by atoms with Gasteiger partial charge in [-0.25, -0.2) is 0 Å². The van der Waals surface area contributed by atoms with E-state index in [1.807, 2.05) is 26.0 Å². The molecule has 19 heavy (non-hydrogen) atoms. The highest BCUT2D eigenvalue weighted by molar-refractivity contribution is 5.94. The Kier molecular flexibility index (Phi) is 4.33. The molecule has 1 rings (SSSR count). The number of amides is 1. The van der Waals surface area contributed by atoms with Crippen LogP contribution in [0.2, 0.25) is 0 Å². The minimum Gasteiger partial charge on any atom is -0.329 e. The molecule has 0 aliphatic rings. The Morgan fingerprint density at radius 2 is 1.79 bits per heavy atom. The largest absolute Gasteiger partial charge is 0.329 e. The molecule has 0 saturated heterocycles. The van der Waals surface area contributed by atoms with Crippen molar-refractivity contribution in [3.63, 3.8) is 0 Å². The second-order valence-corrected chi connectivity index (χ2v) is 5.86. The number of benzene rings is 1. The first kappa shape index (κ1) is 15.2. The monoisotopic (exact) mass is 259 g/mol. The van der Waals surface area contributed by atoms with E-state index in [9.17, 15) is 4.79 Å². The van der Waals surface area contributed by atoms with Gasteiger partial charge in [0.15, 0.2) is 0 Å². The van der Waals surface area contributed by atoms with Gasteiger partial charge in [0, 0.05) is 12.2 Å². The van der Waals surface area contributed by atoms with Crippen LogP contribution in [0.4, 0.5) is 5.69 Å². The van der Waals surface area contributed by atoms with E-state index in [2.05, 4.69) is 11.4 Å². The minimum absolute atomic E-state index is 0.109. The van der Waals surface area contributed by atoms with Crippen molar-refractivity contribution in [2.45, 2.75) is 33.1 Å². The Morgan fingerprint density at radius 3 is 2.21 bits per heavy atom. The second kappa shape index (κ2) is 5.41. The number of nitriles is 1. The van der Waals surface area contributed by atoms with Crippen molar-refractivity contribution in [1.29, 1.82) is 5.26 Å². The summed E-state index contributed by atoms with van der Waals surface area (Å²) in [6.45, 7) is 7.61. The lowest BCUT2D eigenvalue weighted by Crippen LogP contribution is -2.37. The van der Waals surface area contributed by atoms with Crippen LogP contribution in [0, 0.1) is 16.7 Å². The van der Waals surface area contributed by atoms with E-state index in [0.717, 1.165) is 5.56 Å². The molecule has 1 aromatic rings. The lowest BCUT2D eigenvalue weighted by Gasteiger charge is -2.22. The number of carbonyl (C=O) groups excluding carboxylic acids is 1. The van der Waals surface area contributed by atoms with Gasteiger partial charge in [0.2, 0.25) is 5.91 Å². The van der Waals surface area contributed by atoms with Crippen molar-refractivity contribution in [3.05, 3.63) is 29.8 Å². The van der Waals surface area contributed by atoms with Gasteiger partial charge < -0.3 is 11.1 Å². The number of hydrogen-bond donors (Lipinski definition) is 2. The van der Waals surface area contributed by atoms with Crippen molar-refractivity contribution in [3.8, 4) is 6.07 Å². The number of nitrogens with zero attached hydrogens (tertiary/aromatic N) is 1. The summed E-state index contributed by atoms with van der Waals surface area (Å²) < 4.78 is 0. The van der Waals surface area contributed by atoms with Crippen molar-refractivity contribution in [2.24, 2.45) is 11.1 Å². The molecule has 1 aromatic carbocycles. The summed E-state index contributed by atoms with van der Waals surface area (Å²) in [4.78, 5) is 12.0. The highest BCUT2D eigenvalue weighted by atomic mass is 16.2. The fourth-order valence-electron chi connectivity index (χ4n) is 1.43. The molecule has 0 radical (unpaired) electrons. The first-order valence-electron chi connectivity index (χ1n) is 6.26. The molecule has 0 bridgehead atoms. The van der Waals surface area contributed by atoms with Crippen LogP contribution in [-0.4, -0.2) is 12.5 Å². The second-order valence-electron chi connectivity index (χ2n) is 5.86. The highest BCUT2D eigenvalue weighted by Crippen LogP contribution is 2.24. The molecule has 0 saturated carbocycles. The third-order valence-electron chi connectivity index (χ3n) is 3.27. The molecule has 102 valence electrons.